The molecule has 0 aliphatic heterocycles. The van der Waals surface area contributed by atoms with E-state index in [9.17, 15) is 0 Å². The maximum Gasteiger partial charge on any atom is 0.0897 e. The van der Waals surface area contributed by atoms with E-state index in [-0.39, 0.29) is 6.04 Å². The Kier molecular flexibility index (Phi) is 4.69. The first-order chi connectivity index (χ1) is 8.19. The number of aryl methyl sites for hydroxylation is 1. The molecule has 0 aromatic carbocycles. The molecule has 0 bridgehead atoms. The number of nitrogens with one attached hydrogen (secondary N) is 1. The van der Waals surface area contributed by atoms with Gasteiger partial charge in [0.2, 0.25) is 0 Å². The minimum Gasteiger partial charge on any atom is -0.271 e. The zero-order valence-electron chi connectivity index (χ0n) is 9.44. The molecule has 0 aliphatic rings. The molecule has 0 fully saturated rings. The fraction of sp³-hybridized carbons (Fsp3) is 0.364. The van der Waals surface area contributed by atoms with E-state index in [0.717, 1.165) is 28.0 Å². The first-order valence-electron chi connectivity index (χ1n) is 5.28. The number of thiophene rings is 1. The second-order valence-corrected chi connectivity index (χ2v) is 6.74. The van der Waals surface area contributed by atoms with Gasteiger partial charge in [0, 0.05) is 27.2 Å². The molecular weight excluding hydrogens is 318 g/mol. The van der Waals surface area contributed by atoms with E-state index in [1.807, 2.05) is 6.92 Å². The lowest BCUT2D eigenvalue weighted by Gasteiger charge is -2.13. The van der Waals surface area contributed by atoms with Crippen LogP contribution in [-0.4, -0.2) is 11.0 Å². The minimum absolute atomic E-state index is 0.228. The highest BCUT2D eigenvalue weighted by Gasteiger charge is 2.13. The number of rotatable bonds is 5. The van der Waals surface area contributed by atoms with Gasteiger partial charge in [-0.15, -0.1) is 22.7 Å². The summed E-state index contributed by atoms with van der Waals surface area (Å²) in [6.45, 7) is 2.02. The zero-order chi connectivity index (χ0) is 12.3. The van der Waals surface area contributed by atoms with E-state index in [1.54, 1.807) is 22.7 Å². The van der Waals surface area contributed by atoms with Crippen LogP contribution in [-0.2, 0) is 12.8 Å². The van der Waals surface area contributed by atoms with Crippen LogP contribution in [0, 0.1) is 6.92 Å². The first kappa shape index (κ1) is 13.2. The van der Waals surface area contributed by atoms with Crippen LogP contribution in [0.3, 0.4) is 0 Å². The van der Waals surface area contributed by atoms with Gasteiger partial charge < -0.3 is 0 Å². The molecule has 2 rings (SSSR count). The lowest BCUT2D eigenvalue weighted by Crippen LogP contribution is -2.38. The molecule has 2 heterocycles. The Bertz CT molecular complexity index is 481. The van der Waals surface area contributed by atoms with Crippen LogP contribution in [0.15, 0.2) is 21.3 Å². The molecule has 0 saturated carbocycles. The lowest BCUT2D eigenvalue weighted by molar-refractivity contribution is 0.521. The average molecular weight is 332 g/mol. The average Bonchev–Trinajstić information content (AvgIpc) is 2.88. The molecule has 0 spiro atoms. The first-order valence-corrected chi connectivity index (χ1v) is 7.83. The normalized spacial score (nSPS) is 12.9. The molecule has 0 amide bonds. The number of nitrogens with zero attached hydrogens (tertiary/aromatic N) is 1. The van der Waals surface area contributed by atoms with Crippen molar-refractivity contribution >= 4 is 38.6 Å². The van der Waals surface area contributed by atoms with Gasteiger partial charge in [-0.1, -0.05) is 0 Å². The molecule has 1 atom stereocenters. The minimum atomic E-state index is 0.228. The van der Waals surface area contributed by atoms with E-state index < -0.39 is 0 Å². The molecule has 92 valence electrons. The highest BCUT2D eigenvalue weighted by atomic mass is 79.9. The highest BCUT2D eigenvalue weighted by molar-refractivity contribution is 9.10. The number of hydrazine groups is 1. The molecule has 3 N–H and O–H groups in total. The molecular formula is C11H14BrN3S2. The number of thiazole rings is 1. The fourth-order valence-electron chi connectivity index (χ4n) is 1.64. The van der Waals surface area contributed by atoms with E-state index in [4.69, 9.17) is 5.84 Å². The lowest BCUT2D eigenvalue weighted by atomic mass is 10.1. The third-order valence-electron chi connectivity index (χ3n) is 2.48. The van der Waals surface area contributed by atoms with Crippen LogP contribution < -0.4 is 11.3 Å². The van der Waals surface area contributed by atoms with Crippen molar-refractivity contribution in [2.24, 2.45) is 5.84 Å². The summed E-state index contributed by atoms with van der Waals surface area (Å²) in [4.78, 5) is 5.78. The van der Waals surface area contributed by atoms with Gasteiger partial charge in [-0.2, -0.15) is 0 Å². The van der Waals surface area contributed by atoms with Gasteiger partial charge in [0.05, 0.1) is 10.7 Å². The van der Waals surface area contributed by atoms with Gasteiger partial charge in [-0.25, -0.2) is 4.98 Å². The largest absolute Gasteiger partial charge is 0.271 e. The van der Waals surface area contributed by atoms with E-state index >= 15 is 0 Å². The second kappa shape index (κ2) is 6.06. The summed E-state index contributed by atoms with van der Waals surface area (Å²) in [5.74, 6) is 5.61. The van der Waals surface area contributed by atoms with Crippen molar-refractivity contribution in [2.75, 3.05) is 0 Å². The van der Waals surface area contributed by atoms with Crippen molar-refractivity contribution in [1.82, 2.24) is 10.4 Å². The van der Waals surface area contributed by atoms with Gasteiger partial charge in [-0.05, 0) is 40.7 Å². The molecule has 3 nitrogen and oxygen atoms in total. The van der Waals surface area contributed by atoms with Gasteiger partial charge in [0.15, 0.2) is 0 Å². The van der Waals surface area contributed by atoms with Crippen LogP contribution in [0.4, 0.5) is 0 Å². The topological polar surface area (TPSA) is 50.9 Å². The summed E-state index contributed by atoms with van der Waals surface area (Å²) < 4.78 is 1.16. The smallest absolute Gasteiger partial charge is 0.0897 e. The monoisotopic (exact) mass is 331 g/mol. The number of aromatic nitrogens is 1. The quantitative estimate of drug-likeness (QED) is 0.654. The van der Waals surface area contributed by atoms with Crippen molar-refractivity contribution in [3.05, 3.63) is 36.9 Å². The predicted octanol–water partition coefficient (Wildman–Crippen LogP) is 2.89. The van der Waals surface area contributed by atoms with Crippen molar-refractivity contribution in [3.63, 3.8) is 0 Å². The van der Waals surface area contributed by atoms with E-state index in [0.29, 0.717) is 0 Å². The number of hydrogen-bond acceptors (Lipinski definition) is 5. The fourth-order valence-corrected chi connectivity index (χ4v) is 3.86. The maximum absolute atomic E-state index is 5.61. The van der Waals surface area contributed by atoms with Crippen molar-refractivity contribution in [3.8, 4) is 0 Å². The van der Waals surface area contributed by atoms with Gasteiger partial charge in [-0.3, -0.25) is 11.3 Å². The standard InChI is InChI=1S/C11H14BrN3S2/c1-7-14-9(6-17-7)4-8(15-13)5-11-10(12)2-3-16-11/h2-3,6,8,15H,4-5,13H2,1H3. The van der Waals surface area contributed by atoms with Crippen molar-refractivity contribution < 1.29 is 0 Å². The number of halogens is 1. The molecule has 0 saturated heterocycles. The van der Waals surface area contributed by atoms with Gasteiger partial charge in [0.1, 0.15) is 0 Å². The van der Waals surface area contributed by atoms with Crippen molar-refractivity contribution in [1.29, 1.82) is 0 Å². The summed E-state index contributed by atoms with van der Waals surface area (Å²) >= 11 is 6.97. The Hall–Kier alpha value is -0.270. The Morgan fingerprint density at radius 3 is 2.82 bits per heavy atom. The highest BCUT2D eigenvalue weighted by Crippen LogP contribution is 2.24. The summed E-state index contributed by atoms with van der Waals surface area (Å²) in [6, 6.07) is 2.30. The zero-order valence-corrected chi connectivity index (χ0v) is 12.7. The van der Waals surface area contributed by atoms with Gasteiger partial charge in [0.25, 0.3) is 0 Å². The number of nitrogens with two attached hydrogens (primary N) is 1. The number of hydrogen-bond donors (Lipinski definition) is 2. The summed E-state index contributed by atoms with van der Waals surface area (Å²) in [5, 5.41) is 5.29. The molecule has 17 heavy (non-hydrogen) atoms. The van der Waals surface area contributed by atoms with Gasteiger partial charge >= 0.3 is 0 Å². The third kappa shape index (κ3) is 3.59. The summed E-state index contributed by atoms with van der Waals surface area (Å²) in [5.41, 5.74) is 3.99. The molecule has 1 unspecified atom stereocenters. The maximum atomic E-state index is 5.61. The Morgan fingerprint density at radius 1 is 1.47 bits per heavy atom. The van der Waals surface area contributed by atoms with E-state index in [2.05, 4.69) is 43.2 Å². The molecule has 0 radical (unpaired) electrons. The Balaban J connectivity index is 2.00. The summed E-state index contributed by atoms with van der Waals surface area (Å²) in [7, 11) is 0. The van der Waals surface area contributed by atoms with Crippen LogP contribution >= 0.6 is 38.6 Å². The van der Waals surface area contributed by atoms with Crippen LogP contribution in [0.5, 0.6) is 0 Å². The van der Waals surface area contributed by atoms with Crippen LogP contribution in [0.25, 0.3) is 0 Å². The molecule has 6 heteroatoms. The van der Waals surface area contributed by atoms with Crippen LogP contribution in [0.1, 0.15) is 15.6 Å². The molecule has 2 aromatic rings. The predicted molar refractivity (Wildman–Crippen MR) is 77.4 cm³/mol. The second-order valence-electron chi connectivity index (χ2n) is 3.82. The summed E-state index contributed by atoms with van der Waals surface area (Å²) in [6.07, 6.45) is 1.79. The molecule has 2 aromatic heterocycles. The van der Waals surface area contributed by atoms with Crippen LogP contribution in [0.2, 0.25) is 0 Å². The molecule has 0 aliphatic carbocycles. The Labute approximate surface area is 117 Å². The van der Waals surface area contributed by atoms with Crippen molar-refractivity contribution in [2.45, 2.75) is 25.8 Å². The van der Waals surface area contributed by atoms with E-state index in [1.165, 1.54) is 4.88 Å². The SMILES string of the molecule is Cc1nc(CC(Cc2sccc2Br)NN)cs1. The Morgan fingerprint density at radius 2 is 2.29 bits per heavy atom. The third-order valence-corrected chi connectivity index (χ3v) is 5.25.